The van der Waals surface area contributed by atoms with E-state index >= 15 is 0 Å². The van der Waals surface area contributed by atoms with E-state index in [1.165, 1.54) is 6.07 Å². The Morgan fingerprint density at radius 3 is 2.73 bits per heavy atom. The van der Waals surface area contributed by atoms with Gasteiger partial charge in [-0.05, 0) is 50.3 Å². The van der Waals surface area contributed by atoms with Crippen molar-refractivity contribution in [3.8, 4) is 0 Å². The summed E-state index contributed by atoms with van der Waals surface area (Å²) in [5.41, 5.74) is 0.968. The number of halogens is 1. The molecular formula is C20H29FN2O3. The molecule has 0 aliphatic carbocycles. The van der Waals surface area contributed by atoms with Crippen molar-refractivity contribution in [3.05, 3.63) is 35.6 Å². The predicted octanol–water partition coefficient (Wildman–Crippen LogP) is 3.08. The smallest absolute Gasteiger partial charge is 0.409 e. The van der Waals surface area contributed by atoms with Crippen molar-refractivity contribution in [3.63, 3.8) is 0 Å². The Kier molecular flexibility index (Phi) is 6.48. The van der Waals surface area contributed by atoms with E-state index in [4.69, 9.17) is 9.47 Å². The maximum absolute atomic E-state index is 13.8. The summed E-state index contributed by atoms with van der Waals surface area (Å²) in [7, 11) is 0. The molecule has 6 heteroatoms. The lowest BCUT2D eigenvalue weighted by Gasteiger charge is -2.40. The van der Waals surface area contributed by atoms with Crippen LogP contribution in [-0.2, 0) is 14.9 Å². The van der Waals surface area contributed by atoms with Gasteiger partial charge in [0.2, 0.25) is 0 Å². The number of nitrogens with one attached hydrogen (secondary N) is 1. The summed E-state index contributed by atoms with van der Waals surface area (Å²) in [6.45, 7) is 5.89. The third-order valence-corrected chi connectivity index (χ3v) is 5.64. The molecule has 0 atom stereocenters. The Bertz CT molecular complexity index is 596. The number of rotatable bonds is 5. The molecular weight excluding hydrogens is 335 g/mol. The second kappa shape index (κ2) is 8.82. The van der Waals surface area contributed by atoms with Gasteiger partial charge in [0.05, 0.1) is 6.61 Å². The highest BCUT2D eigenvalue weighted by molar-refractivity contribution is 5.67. The van der Waals surface area contributed by atoms with Gasteiger partial charge in [-0.3, -0.25) is 0 Å². The molecule has 0 spiro atoms. The van der Waals surface area contributed by atoms with Crippen molar-refractivity contribution >= 4 is 6.09 Å². The average Bonchev–Trinajstić information content (AvgIpc) is 2.68. The van der Waals surface area contributed by atoms with Gasteiger partial charge in [0.1, 0.15) is 5.82 Å². The molecule has 2 saturated heterocycles. The Morgan fingerprint density at radius 2 is 2.08 bits per heavy atom. The van der Waals surface area contributed by atoms with Crippen molar-refractivity contribution in [2.45, 2.75) is 44.1 Å². The lowest BCUT2D eigenvalue weighted by atomic mass is 9.74. The van der Waals surface area contributed by atoms with E-state index in [1.807, 2.05) is 13.0 Å². The van der Waals surface area contributed by atoms with Crippen LogP contribution in [0.25, 0.3) is 0 Å². The average molecular weight is 364 g/mol. The number of likely N-dealkylation sites (tertiary alicyclic amines) is 1. The molecule has 1 aromatic rings. The van der Waals surface area contributed by atoms with Crippen LogP contribution in [0.5, 0.6) is 0 Å². The molecule has 2 aliphatic rings. The van der Waals surface area contributed by atoms with Gasteiger partial charge in [-0.2, -0.15) is 0 Å². The van der Waals surface area contributed by atoms with Crippen LogP contribution in [-0.4, -0.2) is 56.5 Å². The molecule has 2 aliphatic heterocycles. The molecule has 1 amide bonds. The predicted molar refractivity (Wildman–Crippen MR) is 97.8 cm³/mol. The molecule has 0 unspecified atom stereocenters. The summed E-state index contributed by atoms with van der Waals surface area (Å²) in [6.07, 6.45) is 3.39. The number of ether oxygens (including phenoxy) is 2. The third-order valence-electron chi connectivity index (χ3n) is 5.64. The first-order valence-corrected chi connectivity index (χ1v) is 9.62. The molecule has 2 fully saturated rings. The first-order valence-electron chi connectivity index (χ1n) is 9.62. The van der Waals surface area contributed by atoms with E-state index in [1.54, 1.807) is 17.0 Å². The number of hydrogen-bond acceptors (Lipinski definition) is 4. The fourth-order valence-electron chi connectivity index (χ4n) is 3.97. The van der Waals surface area contributed by atoms with Crippen molar-refractivity contribution in [2.24, 2.45) is 0 Å². The van der Waals surface area contributed by atoms with Crippen LogP contribution < -0.4 is 5.32 Å². The van der Waals surface area contributed by atoms with E-state index in [2.05, 4.69) is 5.32 Å². The molecule has 0 bridgehead atoms. The molecule has 0 saturated carbocycles. The van der Waals surface area contributed by atoms with Crippen LogP contribution >= 0.6 is 0 Å². The van der Waals surface area contributed by atoms with E-state index in [9.17, 15) is 9.18 Å². The highest BCUT2D eigenvalue weighted by atomic mass is 19.1. The standard InChI is InChI=1S/C20H29FN2O3/c1-2-26-19(24)23-10-6-18(7-11-23)22-15-20(8-12-25-13-9-20)16-4-3-5-17(21)14-16/h3-5,14,18,22H,2,6-13,15H2,1H3. The second-order valence-corrected chi connectivity index (χ2v) is 7.24. The summed E-state index contributed by atoms with van der Waals surface area (Å²) in [5, 5.41) is 3.68. The number of piperidine rings is 1. The van der Waals surface area contributed by atoms with Gasteiger partial charge >= 0.3 is 6.09 Å². The second-order valence-electron chi connectivity index (χ2n) is 7.24. The minimum absolute atomic E-state index is 0.0847. The number of hydrogen-bond donors (Lipinski definition) is 1. The molecule has 1 N–H and O–H groups in total. The SMILES string of the molecule is CCOC(=O)N1CCC(NCC2(c3cccc(F)c3)CCOCC2)CC1. The van der Waals surface area contributed by atoms with Gasteiger partial charge in [-0.1, -0.05) is 12.1 Å². The van der Waals surface area contributed by atoms with E-state index in [0.29, 0.717) is 39.0 Å². The van der Waals surface area contributed by atoms with Gasteiger partial charge in [0, 0.05) is 44.3 Å². The maximum Gasteiger partial charge on any atom is 0.409 e. The van der Waals surface area contributed by atoms with Gasteiger partial charge in [0.15, 0.2) is 0 Å². The number of amides is 1. The first-order chi connectivity index (χ1) is 12.6. The molecule has 3 rings (SSSR count). The number of benzene rings is 1. The zero-order valence-corrected chi connectivity index (χ0v) is 15.5. The fourth-order valence-corrected chi connectivity index (χ4v) is 3.97. The van der Waals surface area contributed by atoms with Crippen molar-refractivity contribution in [1.29, 1.82) is 0 Å². The summed E-state index contributed by atoms with van der Waals surface area (Å²) < 4.78 is 24.4. The number of carbonyl (C=O) groups excluding carboxylic acids is 1. The van der Waals surface area contributed by atoms with Crippen molar-refractivity contribution < 1.29 is 18.7 Å². The van der Waals surface area contributed by atoms with E-state index in [-0.39, 0.29) is 17.3 Å². The first kappa shape index (κ1) is 19.1. The summed E-state index contributed by atoms with van der Waals surface area (Å²) in [4.78, 5) is 13.6. The molecule has 144 valence electrons. The molecule has 1 aromatic carbocycles. The van der Waals surface area contributed by atoms with Gasteiger partial charge < -0.3 is 19.7 Å². The minimum Gasteiger partial charge on any atom is -0.450 e. The van der Waals surface area contributed by atoms with Crippen LogP contribution in [0.4, 0.5) is 9.18 Å². The van der Waals surface area contributed by atoms with Gasteiger partial charge in [-0.25, -0.2) is 9.18 Å². The lowest BCUT2D eigenvalue weighted by molar-refractivity contribution is 0.0471. The van der Waals surface area contributed by atoms with Crippen LogP contribution in [0.3, 0.4) is 0 Å². The quantitative estimate of drug-likeness (QED) is 0.872. The zero-order chi connectivity index (χ0) is 18.4. The summed E-state index contributed by atoms with van der Waals surface area (Å²) in [5.74, 6) is -0.184. The molecule has 26 heavy (non-hydrogen) atoms. The maximum atomic E-state index is 13.8. The van der Waals surface area contributed by atoms with Gasteiger partial charge in [-0.15, -0.1) is 0 Å². The Morgan fingerprint density at radius 1 is 1.35 bits per heavy atom. The van der Waals surface area contributed by atoms with Crippen LogP contribution in [0.1, 0.15) is 38.2 Å². The fraction of sp³-hybridized carbons (Fsp3) is 0.650. The molecule has 5 nitrogen and oxygen atoms in total. The Balaban J connectivity index is 1.58. The normalized spacial score (nSPS) is 20.8. The Hall–Kier alpha value is -1.66. The molecule has 0 aromatic heterocycles. The van der Waals surface area contributed by atoms with Crippen LogP contribution in [0.2, 0.25) is 0 Å². The van der Waals surface area contributed by atoms with Crippen LogP contribution in [0, 0.1) is 5.82 Å². The van der Waals surface area contributed by atoms with E-state index < -0.39 is 0 Å². The molecule has 2 heterocycles. The minimum atomic E-state index is -0.216. The van der Waals surface area contributed by atoms with E-state index in [0.717, 1.165) is 37.8 Å². The highest BCUT2D eigenvalue weighted by Crippen LogP contribution is 2.35. The number of carbonyl (C=O) groups is 1. The summed E-state index contributed by atoms with van der Waals surface area (Å²) in [6, 6.07) is 7.35. The summed E-state index contributed by atoms with van der Waals surface area (Å²) >= 11 is 0. The van der Waals surface area contributed by atoms with Gasteiger partial charge in [0.25, 0.3) is 0 Å². The topological polar surface area (TPSA) is 50.8 Å². The van der Waals surface area contributed by atoms with Crippen LogP contribution in [0.15, 0.2) is 24.3 Å². The Labute approximate surface area is 154 Å². The monoisotopic (exact) mass is 364 g/mol. The largest absolute Gasteiger partial charge is 0.450 e. The van der Waals surface area contributed by atoms with Crippen molar-refractivity contribution in [2.75, 3.05) is 39.5 Å². The lowest BCUT2D eigenvalue weighted by Crippen LogP contribution is -2.50. The van der Waals surface area contributed by atoms with Crippen molar-refractivity contribution in [1.82, 2.24) is 10.2 Å². The zero-order valence-electron chi connectivity index (χ0n) is 15.5. The third kappa shape index (κ3) is 4.54. The molecule has 0 radical (unpaired) electrons. The number of nitrogens with zero attached hydrogens (tertiary/aromatic N) is 1. The highest BCUT2D eigenvalue weighted by Gasteiger charge is 2.35.